The normalized spacial score (nSPS) is 22.2. The van der Waals surface area contributed by atoms with Crippen LogP contribution in [-0.4, -0.2) is 28.5 Å². The minimum absolute atomic E-state index is 0.000587. The third-order valence-corrected chi connectivity index (χ3v) is 3.66. The molecule has 0 saturated heterocycles. The number of carbonyl (C=O) groups excluding carboxylic acids is 1. The first-order chi connectivity index (χ1) is 9.08. The molecule has 2 N–H and O–H groups in total. The van der Waals surface area contributed by atoms with Crippen molar-refractivity contribution >= 4 is 23.5 Å². The van der Waals surface area contributed by atoms with Crippen molar-refractivity contribution in [1.29, 1.82) is 0 Å². The summed E-state index contributed by atoms with van der Waals surface area (Å²) < 4.78 is 0. The standard InChI is InChI=1S/C13H15ClN2O3/c14-11-6-2-5-10(16-11)12(17)15-7-8-3-1-4-9(8)13(18)19/h2,5-6,8-9H,1,3-4,7H2,(H,15,17)(H,18,19). The SMILES string of the molecule is O=C(NCC1CCCC1C(=O)O)c1cccc(Cl)n1. The maximum absolute atomic E-state index is 11.9. The van der Waals surface area contributed by atoms with Crippen LogP contribution in [0.5, 0.6) is 0 Å². The van der Waals surface area contributed by atoms with Crippen molar-refractivity contribution in [2.75, 3.05) is 6.54 Å². The fourth-order valence-corrected chi connectivity index (χ4v) is 2.62. The lowest BCUT2D eigenvalue weighted by Gasteiger charge is -2.16. The molecule has 1 aromatic heterocycles. The predicted octanol–water partition coefficient (Wildman–Crippen LogP) is 1.97. The number of carboxylic acids is 1. The van der Waals surface area contributed by atoms with Crippen molar-refractivity contribution < 1.29 is 14.7 Å². The zero-order valence-electron chi connectivity index (χ0n) is 10.3. The van der Waals surface area contributed by atoms with Crippen LogP contribution in [0.15, 0.2) is 18.2 Å². The van der Waals surface area contributed by atoms with Gasteiger partial charge < -0.3 is 10.4 Å². The second kappa shape index (κ2) is 6.02. The first-order valence-corrected chi connectivity index (χ1v) is 6.59. The third-order valence-electron chi connectivity index (χ3n) is 3.45. The lowest BCUT2D eigenvalue weighted by atomic mass is 9.96. The monoisotopic (exact) mass is 282 g/mol. The first kappa shape index (κ1) is 13.8. The van der Waals surface area contributed by atoms with Gasteiger partial charge in [-0.1, -0.05) is 24.1 Å². The van der Waals surface area contributed by atoms with E-state index in [1.807, 2.05) is 0 Å². The van der Waals surface area contributed by atoms with Crippen LogP contribution in [-0.2, 0) is 4.79 Å². The van der Waals surface area contributed by atoms with Gasteiger partial charge >= 0.3 is 5.97 Å². The largest absolute Gasteiger partial charge is 0.481 e. The topological polar surface area (TPSA) is 79.3 Å². The number of rotatable bonds is 4. The molecule has 5 nitrogen and oxygen atoms in total. The Morgan fingerprint density at radius 2 is 2.21 bits per heavy atom. The summed E-state index contributed by atoms with van der Waals surface area (Å²) in [7, 11) is 0. The van der Waals surface area contributed by atoms with E-state index in [-0.39, 0.29) is 28.6 Å². The number of carbonyl (C=O) groups is 2. The van der Waals surface area contributed by atoms with Gasteiger partial charge in [-0.2, -0.15) is 0 Å². The summed E-state index contributed by atoms with van der Waals surface area (Å²) >= 11 is 5.71. The zero-order valence-corrected chi connectivity index (χ0v) is 11.1. The number of pyridine rings is 1. The maximum Gasteiger partial charge on any atom is 0.306 e. The Labute approximate surface area is 116 Å². The van der Waals surface area contributed by atoms with Gasteiger partial charge in [-0.15, -0.1) is 0 Å². The van der Waals surface area contributed by atoms with Gasteiger partial charge in [-0.3, -0.25) is 9.59 Å². The van der Waals surface area contributed by atoms with Gasteiger partial charge in [0, 0.05) is 6.54 Å². The van der Waals surface area contributed by atoms with Gasteiger partial charge in [-0.05, 0) is 30.9 Å². The molecule has 1 saturated carbocycles. The molecule has 1 amide bonds. The minimum Gasteiger partial charge on any atom is -0.481 e. The van der Waals surface area contributed by atoms with E-state index in [2.05, 4.69) is 10.3 Å². The Bertz CT molecular complexity index is 493. The molecule has 1 aliphatic carbocycles. The number of hydrogen-bond acceptors (Lipinski definition) is 3. The Morgan fingerprint density at radius 3 is 2.89 bits per heavy atom. The molecule has 1 aliphatic rings. The van der Waals surface area contributed by atoms with E-state index in [1.54, 1.807) is 18.2 Å². The van der Waals surface area contributed by atoms with E-state index in [4.69, 9.17) is 16.7 Å². The highest BCUT2D eigenvalue weighted by molar-refractivity contribution is 6.29. The second-order valence-electron chi connectivity index (χ2n) is 4.69. The minimum atomic E-state index is -0.780. The Kier molecular flexibility index (Phi) is 4.37. The van der Waals surface area contributed by atoms with Gasteiger partial charge in [0.2, 0.25) is 0 Å². The summed E-state index contributed by atoms with van der Waals surface area (Å²) in [6.45, 7) is 0.365. The van der Waals surface area contributed by atoms with Crippen LogP contribution in [0.25, 0.3) is 0 Å². The summed E-state index contributed by atoms with van der Waals surface area (Å²) in [6, 6.07) is 4.82. The second-order valence-corrected chi connectivity index (χ2v) is 5.08. The van der Waals surface area contributed by atoms with Crippen LogP contribution in [0, 0.1) is 11.8 Å². The molecule has 1 aromatic rings. The van der Waals surface area contributed by atoms with Gasteiger partial charge in [0.05, 0.1) is 5.92 Å². The van der Waals surface area contributed by atoms with Gasteiger partial charge in [0.25, 0.3) is 5.91 Å². The number of aromatic nitrogens is 1. The summed E-state index contributed by atoms with van der Waals surface area (Å²) in [5, 5.41) is 12.1. The molecule has 1 fully saturated rings. The number of halogens is 1. The molecule has 0 bridgehead atoms. The molecule has 2 unspecified atom stereocenters. The summed E-state index contributed by atoms with van der Waals surface area (Å²) in [5.41, 5.74) is 0.248. The van der Waals surface area contributed by atoms with Crippen LogP contribution < -0.4 is 5.32 Å². The van der Waals surface area contributed by atoms with Crippen LogP contribution in [0.3, 0.4) is 0 Å². The fraction of sp³-hybridized carbons (Fsp3) is 0.462. The van der Waals surface area contributed by atoms with Crippen molar-refractivity contribution in [2.24, 2.45) is 11.8 Å². The van der Waals surface area contributed by atoms with E-state index in [1.165, 1.54) is 0 Å². The van der Waals surface area contributed by atoms with E-state index < -0.39 is 5.97 Å². The highest BCUT2D eigenvalue weighted by Crippen LogP contribution is 2.31. The Morgan fingerprint density at radius 1 is 1.42 bits per heavy atom. The summed E-state index contributed by atoms with van der Waals surface area (Å²) in [6.07, 6.45) is 2.42. The highest BCUT2D eigenvalue weighted by Gasteiger charge is 2.32. The van der Waals surface area contributed by atoms with Crippen molar-refractivity contribution in [1.82, 2.24) is 10.3 Å². The number of carboxylic acid groups (broad SMARTS) is 1. The average Bonchev–Trinajstić information content (AvgIpc) is 2.84. The molecule has 0 aromatic carbocycles. The number of aliphatic carboxylic acids is 1. The Hall–Kier alpha value is -1.62. The highest BCUT2D eigenvalue weighted by atomic mass is 35.5. The smallest absolute Gasteiger partial charge is 0.306 e. The van der Waals surface area contributed by atoms with Crippen molar-refractivity contribution in [3.05, 3.63) is 29.0 Å². The fourth-order valence-electron chi connectivity index (χ4n) is 2.46. The molecule has 2 rings (SSSR count). The maximum atomic E-state index is 11.9. The van der Waals surface area contributed by atoms with E-state index >= 15 is 0 Å². The van der Waals surface area contributed by atoms with Gasteiger partial charge in [-0.25, -0.2) is 4.98 Å². The molecule has 0 spiro atoms. The lowest BCUT2D eigenvalue weighted by Crippen LogP contribution is -2.33. The third kappa shape index (κ3) is 3.44. The molecular formula is C13H15ClN2O3. The van der Waals surface area contributed by atoms with Crippen molar-refractivity contribution in [3.8, 4) is 0 Å². The van der Waals surface area contributed by atoms with Crippen LogP contribution in [0.4, 0.5) is 0 Å². The van der Waals surface area contributed by atoms with Crippen LogP contribution in [0.1, 0.15) is 29.8 Å². The molecule has 6 heteroatoms. The zero-order chi connectivity index (χ0) is 13.8. The quantitative estimate of drug-likeness (QED) is 0.828. The molecule has 102 valence electrons. The number of hydrogen-bond donors (Lipinski definition) is 2. The average molecular weight is 283 g/mol. The Balaban J connectivity index is 1.92. The number of nitrogens with zero attached hydrogens (tertiary/aromatic N) is 1. The van der Waals surface area contributed by atoms with Crippen LogP contribution in [0.2, 0.25) is 5.15 Å². The number of nitrogens with one attached hydrogen (secondary N) is 1. The van der Waals surface area contributed by atoms with E-state index in [0.717, 1.165) is 12.8 Å². The molecule has 0 radical (unpaired) electrons. The van der Waals surface area contributed by atoms with Crippen molar-refractivity contribution in [3.63, 3.8) is 0 Å². The summed E-state index contributed by atoms with van der Waals surface area (Å²) in [4.78, 5) is 26.8. The summed E-state index contributed by atoms with van der Waals surface area (Å²) in [5.74, 6) is -1.45. The van der Waals surface area contributed by atoms with Gasteiger partial charge in [0.15, 0.2) is 0 Å². The number of amides is 1. The van der Waals surface area contributed by atoms with Gasteiger partial charge in [0.1, 0.15) is 10.8 Å². The van der Waals surface area contributed by atoms with E-state index in [0.29, 0.717) is 13.0 Å². The molecule has 0 aliphatic heterocycles. The molecule has 19 heavy (non-hydrogen) atoms. The molecule has 2 atom stereocenters. The van der Waals surface area contributed by atoms with Crippen molar-refractivity contribution in [2.45, 2.75) is 19.3 Å². The molecule has 1 heterocycles. The lowest BCUT2D eigenvalue weighted by molar-refractivity contribution is -0.142. The molecular weight excluding hydrogens is 268 g/mol. The predicted molar refractivity (Wildman–Crippen MR) is 70.0 cm³/mol. The van der Waals surface area contributed by atoms with E-state index in [9.17, 15) is 9.59 Å². The first-order valence-electron chi connectivity index (χ1n) is 6.21. The van der Waals surface area contributed by atoms with Crippen LogP contribution >= 0.6 is 11.6 Å².